The molecule has 1 heterocycles. The molecule has 0 fully saturated rings. The van der Waals surface area contributed by atoms with Crippen LogP contribution in [-0.2, 0) is 0 Å². The Labute approximate surface area is 268 Å². The highest BCUT2D eigenvalue weighted by atomic mass is 16.5. The van der Waals surface area contributed by atoms with Gasteiger partial charge in [-0.05, 0) is 64.7 Å². The lowest BCUT2D eigenvalue weighted by atomic mass is 10.1. The Morgan fingerprint density at radius 2 is 1.23 bits per heavy atom. The molecule has 0 radical (unpaired) electrons. The second-order valence-electron chi connectivity index (χ2n) is 12.5. The van der Waals surface area contributed by atoms with E-state index < -0.39 is 5.63 Å². The van der Waals surface area contributed by atoms with Gasteiger partial charge in [0.05, 0.1) is 13.2 Å². The first-order valence-electron chi connectivity index (χ1n) is 17.7. The van der Waals surface area contributed by atoms with Crippen LogP contribution < -0.4 is 19.8 Å². The molecule has 2 aromatic rings. The molecule has 5 heteroatoms. The van der Waals surface area contributed by atoms with Crippen molar-refractivity contribution in [2.24, 2.45) is 0 Å². The zero-order chi connectivity index (χ0) is 31.8. The molecular formula is C39H62O5. The lowest BCUT2D eigenvalue weighted by Crippen LogP contribution is -2.12. The zero-order valence-corrected chi connectivity index (χ0v) is 28.8. The summed E-state index contributed by atoms with van der Waals surface area (Å²) in [6.07, 6.45) is 25.8. The van der Waals surface area contributed by atoms with Crippen molar-refractivity contribution in [3.8, 4) is 17.2 Å². The molecule has 0 spiro atoms. The Balaban J connectivity index is 2.12. The number of ether oxygens (including phenoxy) is 3. The van der Waals surface area contributed by atoms with Gasteiger partial charge in [-0.2, -0.15) is 0 Å². The van der Waals surface area contributed by atoms with Crippen LogP contribution in [0.1, 0.15) is 150 Å². The summed E-state index contributed by atoms with van der Waals surface area (Å²) in [5, 5.41) is 0.674. The third kappa shape index (κ3) is 15.3. The van der Waals surface area contributed by atoms with Crippen LogP contribution in [-0.4, -0.2) is 19.8 Å². The van der Waals surface area contributed by atoms with Crippen LogP contribution in [0.15, 0.2) is 50.7 Å². The molecule has 0 aliphatic rings. The standard InChI is InChI=1S/C39H62O5/c1-6-8-10-12-14-16-18-20-29-42-37-36-34(41-31-28-33(5)25-22-24-32(3)4)26-23-27-35(36)44-39(40)38(37)43-30-21-19-17-15-13-11-9-7-2/h23-24,26-28H,6-22,25,29-31H2,1-5H3/b33-28+. The second kappa shape index (κ2) is 23.7. The van der Waals surface area contributed by atoms with Crippen molar-refractivity contribution >= 4 is 11.0 Å². The van der Waals surface area contributed by atoms with Gasteiger partial charge in [-0.15, -0.1) is 0 Å². The first kappa shape index (κ1) is 37.5. The van der Waals surface area contributed by atoms with E-state index in [4.69, 9.17) is 18.6 Å². The van der Waals surface area contributed by atoms with Gasteiger partial charge in [-0.1, -0.05) is 127 Å². The number of hydrogen-bond acceptors (Lipinski definition) is 5. The summed E-state index contributed by atoms with van der Waals surface area (Å²) in [6.45, 7) is 12.3. The molecule has 248 valence electrons. The summed E-state index contributed by atoms with van der Waals surface area (Å²) in [5.41, 5.74) is 2.60. The van der Waals surface area contributed by atoms with Crippen molar-refractivity contribution in [1.29, 1.82) is 0 Å². The summed E-state index contributed by atoms with van der Waals surface area (Å²) >= 11 is 0. The first-order chi connectivity index (χ1) is 21.5. The molecule has 2 rings (SSSR count). The van der Waals surface area contributed by atoms with E-state index in [1.165, 1.54) is 88.2 Å². The lowest BCUT2D eigenvalue weighted by molar-refractivity contribution is 0.249. The maximum atomic E-state index is 13.1. The van der Waals surface area contributed by atoms with Crippen molar-refractivity contribution in [2.75, 3.05) is 19.8 Å². The lowest BCUT2D eigenvalue weighted by Gasteiger charge is -2.16. The van der Waals surface area contributed by atoms with Gasteiger partial charge in [-0.25, -0.2) is 4.79 Å². The molecule has 0 saturated heterocycles. The minimum Gasteiger partial charge on any atom is -0.489 e. The molecule has 0 bridgehead atoms. The third-order valence-corrected chi connectivity index (χ3v) is 8.06. The van der Waals surface area contributed by atoms with Gasteiger partial charge in [0.25, 0.3) is 0 Å². The van der Waals surface area contributed by atoms with Gasteiger partial charge in [0.1, 0.15) is 23.3 Å². The Morgan fingerprint density at radius 1 is 0.682 bits per heavy atom. The molecule has 0 aliphatic carbocycles. The molecule has 0 unspecified atom stereocenters. The number of rotatable bonds is 26. The van der Waals surface area contributed by atoms with Crippen LogP contribution >= 0.6 is 0 Å². The van der Waals surface area contributed by atoms with Gasteiger partial charge in [0.15, 0.2) is 5.75 Å². The minimum absolute atomic E-state index is 0.171. The van der Waals surface area contributed by atoms with Crippen LogP contribution in [0.5, 0.6) is 17.2 Å². The smallest absolute Gasteiger partial charge is 0.383 e. The molecule has 0 atom stereocenters. The third-order valence-electron chi connectivity index (χ3n) is 8.06. The van der Waals surface area contributed by atoms with E-state index in [0.717, 1.165) is 38.5 Å². The van der Waals surface area contributed by atoms with E-state index in [2.05, 4.69) is 46.8 Å². The highest BCUT2D eigenvalue weighted by molar-refractivity contribution is 5.91. The largest absolute Gasteiger partial charge is 0.489 e. The maximum Gasteiger partial charge on any atom is 0.383 e. The molecule has 5 nitrogen and oxygen atoms in total. The molecule has 0 saturated carbocycles. The summed E-state index contributed by atoms with van der Waals surface area (Å²) < 4.78 is 24.5. The summed E-state index contributed by atoms with van der Waals surface area (Å²) in [6, 6.07) is 5.57. The monoisotopic (exact) mass is 610 g/mol. The van der Waals surface area contributed by atoms with Crippen molar-refractivity contribution in [1.82, 2.24) is 0 Å². The van der Waals surface area contributed by atoms with E-state index in [9.17, 15) is 4.79 Å². The number of benzene rings is 1. The molecule has 0 amide bonds. The predicted octanol–water partition coefficient (Wildman–Crippen LogP) is 11.9. The minimum atomic E-state index is -0.491. The van der Waals surface area contributed by atoms with Crippen molar-refractivity contribution in [3.05, 3.63) is 51.9 Å². The van der Waals surface area contributed by atoms with Crippen molar-refractivity contribution in [2.45, 2.75) is 150 Å². The fraction of sp³-hybridized carbons (Fsp3) is 0.667. The fourth-order valence-corrected chi connectivity index (χ4v) is 5.34. The SMILES string of the molecule is CCCCCCCCCCOc1c(OCCCCCCCCCC)c2c(OC/C=C(\C)CCC=C(C)C)cccc2oc1=O. The maximum absolute atomic E-state index is 13.1. The van der Waals surface area contributed by atoms with E-state index in [0.29, 0.717) is 42.3 Å². The molecule has 44 heavy (non-hydrogen) atoms. The zero-order valence-electron chi connectivity index (χ0n) is 28.8. The number of hydrogen-bond donors (Lipinski definition) is 0. The summed E-state index contributed by atoms with van der Waals surface area (Å²) in [5.74, 6) is 1.27. The van der Waals surface area contributed by atoms with Crippen molar-refractivity contribution in [3.63, 3.8) is 0 Å². The van der Waals surface area contributed by atoms with Gasteiger partial charge in [0, 0.05) is 0 Å². The molecule has 1 aromatic carbocycles. The van der Waals surface area contributed by atoms with Crippen LogP contribution in [0.25, 0.3) is 11.0 Å². The number of fused-ring (bicyclic) bond motifs is 1. The molecule has 1 aromatic heterocycles. The van der Waals surface area contributed by atoms with E-state index >= 15 is 0 Å². The molecule has 0 aliphatic heterocycles. The Hall–Kier alpha value is -2.69. The first-order valence-corrected chi connectivity index (χ1v) is 17.7. The number of unbranched alkanes of at least 4 members (excludes halogenated alkanes) is 14. The van der Waals surface area contributed by atoms with Crippen LogP contribution in [0.3, 0.4) is 0 Å². The van der Waals surface area contributed by atoms with E-state index in [-0.39, 0.29) is 5.75 Å². The molecular weight excluding hydrogens is 548 g/mol. The Morgan fingerprint density at radius 3 is 1.80 bits per heavy atom. The topological polar surface area (TPSA) is 57.9 Å². The Bertz CT molecular complexity index is 1160. The van der Waals surface area contributed by atoms with Gasteiger partial charge in [0.2, 0.25) is 5.75 Å². The van der Waals surface area contributed by atoms with Gasteiger partial charge < -0.3 is 18.6 Å². The van der Waals surface area contributed by atoms with E-state index in [1.807, 2.05) is 12.1 Å². The van der Waals surface area contributed by atoms with Gasteiger partial charge >= 0.3 is 5.63 Å². The predicted molar refractivity (Wildman–Crippen MR) is 187 cm³/mol. The van der Waals surface area contributed by atoms with Crippen LogP contribution in [0.4, 0.5) is 0 Å². The summed E-state index contributed by atoms with van der Waals surface area (Å²) in [4.78, 5) is 13.1. The fourth-order valence-electron chi connectivity index (χ4n) is 5.34. The summed E-state index contributed by atoms with van der Waals surface area (Å²) in [7, 11) is 0. The molecule has 0 N–H and O–H groups in total. The second-order valence-corrected chi connectivity index (χ2v) is 12.5. The van der Waals surface area contributed by atoms with E-state index in [1.54, 1.807) is 6.07 Å². The van der Waals surface area contributed by atoms with Gasteiger partial charge in [-0.3, -0.25) is 0 Å². The number of allylic oxidation sites excluding steroid dienone is 3. The highest BCUT2D eigenvalue weighted by Crippen LogP contribution is 2.39. The highest BCUT2D eigenvalue weighted by Gasteiger charge is 2.21. The quantitative estimate of drug-likeness (QED) is 0.0602. The normalized spacial score (nSPS) is 11.6. The average Bonchev–Trinajstić information content (AvgIpc) is 3.00. The Kier molecular flexibility index (Phi) is 20.2. The average molecular weight is 611 g/mol. The van der Waals surface area contributed by atoms with Crippen molar-refractivity contribution < 1.29 is 18.6 Å². The van der Waals surface area contributed by atoms with Crippen LogP contribution in [0.2, 0.25) is 0 Å². The van der Waals surface area contributed by atoms with Crippen LogP contribution in [0, 0.1) is 0 Å².